The number of aryl methyl sites for hydroxylation is 2. The number of carbonyl (C=O) groups is 1. The average molecular weight is 466 g/mol. The SMILES string of the molecule is Cc1ccc(C)c(OCCNC(=O)c2ccc(Cl)c(S(=O)(=O)N3CCN(C)CC3)c2)c1. The van der Waals surface area contributed by atoms with Gasteiger partial charge in [-0.05, 0) is 56.3 Å². The lowest BCUT2D eigenvalue weighted by Gasteiger charge is -2.31. The lowest BCUT2D eigenvalue weighted by atomic mass is 10.1. The van der Waals surface area contributed by atoms with E-state index in [2.05, 4.69) is 10.2 Å². The van der Waals surface area contributed by atoms with Crippen molar-refractivity contribution in [1.82, 2.24) is 14.5 Å². The number of halogens is 1. The molecule has 1 N–H and O–H groups in total. The van der Waals surface area contributed by atoms with E-state index in [9.17, 15) is 13.2 Å². The fraction of sp³-hybridized carbons (Fsp3) is 0.409. The molecular formula is C22H28ClN3O4S. The number of nitrogens with one attached hydrogen (secondary N) is 1. The summed E-state index contributed by atoms with van der Waals surface area (Å²) in [6.45, 7) is 6.62. The highest BCUT2D eigenvalue weighted by atomic mass is 35.5. The van der Waals surface area contributed by atoms with Crippen LogP contribution in [-0.4, -0.2) is 69.9 Å². The molecule has 1 aliphatic heterocycles. The zero-order valence-electron chi connectivity index (χ0n) is 18.0. The predicted molar refractivity (Wildman–Crippen MR) is 121 cm³/mol. The Balaban J connectivity index is 1.63. The van der Waals surface area contributed by atoms with Crippen LogP contribution in [0.25, 0.3) is 0 Å². The molecule has 1 heterocycles. The van der Waals surface area contributed by atoms with Crippen LogP contribution >= 0.6 is 11.6 Å². The van der Waals surface area contributed by atoms with Crippen LogP contribution in [0.2, 0.25) is 5.02 Å². The van der Waals surface area contributed by atoms with Gasteiger partial charge in [0.05, 0.1) is 11.6 Å². The Morgan fingerprint density at radius 1 is 1.10 bits per heavy atom. The van der Waals surface area contributed by atoms with Crippen molar-refractivity contribution in [2.45, 2.75) is 18.7 Å². The number of ether oxygens (including phenoxy) is 1. The Morgan fingerprint density at radius 3 is 2.52 bits per heavy atom. The zero-order chi connectivity index (χ0) is 22.6. The van der Waals surface area contributed by atoms with Crippen molar-refractivity contribution < 1.29 is 17.9 Å². The van der Waals surface area contributed by atoms with Gasteiger partial charge in [0.2, 0.25) is 10.0 Å². The van der Waals surface area contributed by atoms with Gasteiger partial charge in [0, 0.05) is 31.7 Å². The van der Waals surface area contributed by atoms with Crippen molar-refractivity contribution in [2.24, 2.45) is 0 Å². The molecule has 2 aromatic carbocycles. The molecule has 0 atom stereocenters. The predicted octanol–water partition coefficient (Wildman–Crippen LogP) is 2.70. The lowest BCUT2D eigenvalue weighted by Crippen LogP contribution is -2.47. The quantitative estimate of drug-likeness (QED) is 0.636. The molecule has 0 saturated carbocycles. The third kappa shape index (κ3) is 5.77. The van der Waals surface area contributed by atoms with E-state index < -0.39 is 10.0 Å². The van der Waals surface area contributed by atoms with Gasteiger partial charge < -0.3 is 15.0 Å². The van der Waals surface area contributed by atoms with Gasteiger partial charge in [-0.1, -0.05) is 23.7 Å². The van der Waals surface area contributed by atoms with Crippen molar-refractivity contribution in [3.05, 3.63) is 58.1 Å². The summed E-state index contributed by atoms with van der Waals surface area (Å²) < 4.78 is 33.2. The topological polar surface area (TPSA) is 78.9 Å². The maximum absolute atomic E-state index is 13.0. The summed E-state index contributed by atoms with van der Waals surface area (Å²) in [6.07, 6.45) is 0. The number of hydrogen-bond donors (Lipinski definition) is 1. The number of carbonyl (C=O) groups excluding carboxylic acids is 1. The third-order valence-electron chi connectivity index (χ3n) is 5.26. The average Bonchev–Trinajstić information content (AvgIpc) is 2.74. The smallest absolute Gasteiger partial charge is 0.251 e. The van der Waals surface area contributed by atoms with Gasteiger partial charge in [-0.2, -0.15) is 4.31 Å². The first kappa shape index (κ1) is 23.5. The van der Waals surface area contributed by atoms with Crippen molar-refractivity contribution in [1.29, 1.82) is 0 Å². The standard InChI is InChI=1S/C22H28ClN3O4S/c1-16-4-5-17(2)20(14-16)30-13-8-24-22(27)18-6-7-19(23)21(15-18)31(28,29)26-11-9-25(3)10-12-26/h4-7,14-15H,8-13H2,1-3H3,(H,24,27). The minimum atomic E-state index is -3.77. The number of rotatable bonds is 7. The first-order valence-corrected chi connectivity index (χ1v) is 12.0. The van der Waals surface area contributed by atoms with E-state index in [0.29, 0.717) is 32.8 Å². The molecule has 1 aliphatic rings. The van der Waals surface area contributed by atoms with Crippen molar-refractivity contribution >= 4 is 27.5 Å². The van der Waals surface area contributed by atoms with Crippen LogP contribution in [0.4, 0.5) is 0 Å². The normalized spacial score (nSPS) is 15.6. The molecular weight excluding hydrogens is 438 g/mol. The van der Waals surface area contributed by atoms with Gasteiger partial charge in [-0.15, -0.1) is 0 Å². The summed E-state index contributed by atoms with van der Waals surface area (Å²) in [6, 6.07) is 10.3. The van der Waals surface area contributed by atoms with Crippen molar-refractivity contribution in [3.8, 4) is 5.75 Å². The molecule has 1 saturated heterocycles. The number of piperazine rings is 1. The fourth-order valence-corrected chi connectivity index (χ4v) is 5.22. The molecule has 0 radical (unpaired) electrons. The molecule has 0 unspecified atom stereocenters. The summed E-state index contributed by atoms with van der Waals surface area (Å²) in [7, 11) is -1.82. The molecule has 3 rings (SSSR count). The van der Waals surface area contributed by atoms with Gasteiger partial charge in [-0.25, -0.2) is 8.42 Å². The van der Waals surface area contributed by atoms with E-state index in [4.69, 9.17) is 16.3 Å². The Bertz CT molecular complexity index is 1050. The minimum Gasteiger partial charge on any atom is -0.491 e. The Hall–Kier alpha value is -2.13. The van der Waals surface area contributed by atoms with Crippen LogP contribution in [0.1, 0.15) is 21.5 Å². The molecule has 0 aromatic heterocycles. The third-order valence-corrected chi connectivity index (χ3v) is 7.64. The summed E-state index contributed by atoms with van der Waals surface area (Å²) in [4.78, 5) is 14.6. The molecule has 7 nitrogen and oxygen atoms in total. The highest BCUT2D eigenvalue weighted by Gasteiger charge is 2.30. The molecule has 168 valence electrons. The number of benzene rings is 2. The van der Waals surface area contributed by atoms with Gasteiger partial charge in [-0.3, -0.25) is 4.79 Å². The molecule has 1 fully saturated rings. The van der Waals surface area contributed by atoms with Crippen LogP contribution in [0.5, 0.6) is 5.75 Å². The van der Waals surface area contributed by atoms with Crippen LogP contribution in [0.15, 0.2) is 41.3 Å². The lowest BCUT2D eigenvalue weighted by molar-refractivity contribution is 0.0946. The summed E-state index contributed by atoms with van der Waals surface area (Å²) >= 11 is 6.19. The van der Waals surface area contributed by atoms with Gasteiger partial charge in [0.1, 0.15) is 17.3 Å². The largest absolute Gasteiger partial charge is 0.491 e. The Kier molecular flexibility index (Phi) is 7.59. The van der Waals surface area contributed by atoms with E-state index in [0.717, 1.165) is 16.9 Å². The molecule has 0 aliphatic carbocycles. The second kappa shape index (κ2) is 9.99. The maximum Gasteiger partial charge on any atom is 0.251 e. The molecule has 9 heteroatoms. The first-order chi connectivity index (χ1) is 14.7. The van der Waals surface area contributed by atoms with Gasteiger partial charge in [0.15, 0.2) is 0 Å². The fourth-order valence-electron chi connectivity index (χ4n) is 3.30. The highest BCUT2D eigenvalue weighted by molar-refractivity contribution is 7.89. The molecule has 2 aromatic rings. The van der Waals surface area contributed by atoms with E-state index >= 15 is 0 Å². The second-order valence-corrected chi connectivity index (χ2v) is 10.0. The van der Waals surface area contributed by atoms with E-state index in [1.165, 1.54) is 22.5 Å². The Morgan fingerprint density at radius 2 is 1.81 bits per heavy atom. The zero-order valence-corrected chi connectivity index (χ0v) is 19.6. The number of amides is 1. The number of sulfonamides is 1. The first-order valence-electron chi connectivity index (χ1n) is 10.1. The van der Waals surface area contributed by atoms with Crippen molar-refractivity contribution in [2.75, 3.05) is 46.4 Å². The summed E-state index contributed by atoms with van der Waals surface area (Å²) in [5.74, 6) is 0.400. The molecule has 0 spiro atoms. The van der Waals surface area contributed by atoms with Crippen LogP contribution in [0, 0.1) is 13.8 Å². The summed E-state index contributed by atoms with van der Waals surface area (Å²) in [5, 5.41) is 2.87. The maximum atomic E-state index is 13.0. The van der Waals surface area contributed by atoms with Gasteiger partial charge in [0.25, 0.3) is 5.91 Å². The van der Waals surface area contributed by atoms with E-state index in [1.54, 1.807) is 0 Å². The van der Waals surface area contributed by atoms with Crippen LogP contribution < -0.4 is 10.1 Å². The minimum absolute atomic E-state index is 0.0435. The van der Waals surface area contributed by atoms with Gasteiger partial charge >= 0.3 is 0 Å². The number of hydrogen-bond acceptors (Lipinski definition) is 5. The number of nitrogens with zero attached hydrogens (tertiary/aromatic N) is 2. The van der Waals surface area contributed by atoms with E-state index in [-0.39, 0.29) is 27.9 Å². The molecule has 1 amide bonds. The molecule has 0 bridgehead atoms. The molecule has 31 heavy (non-hydrogen) atoms. The van der Waals surface area contributed by atoms with E-state index in [1.807, 2.05) is 39.1 Å². The second-order valence-electron chi connectivity index (χ2n) is 7.73. The number of likely N-dealkylation sites (N-methyl/N-ethyl adjacent to an activating group) is 1. The highest BCUT2D eigenvalue weighted by Crippen LogP contribution is 2.26. The van der Waals surface area contributed by atoms with Crippen LogP contribution in [0.3, 0.4) is 0 Å². The summed E-state index contributed by atoms with van der Waals surface area (Å²) in [5.41, 5.74) is 2.36. The van der Waals surface area contributed by atoms with Crippen LogP contribution in [-0.2, 0) is 10.0 Å². The monoisotopic (exact) mass is 465 g/mol. The van der Waals surface area contributed by atoms with Crippen molar-refractivity contribution in [3.63, 3.8) is 0 Å². The Labute approximate surface area is 189 Å².